The van der Waals surface area contributed by atoms with Gasteiger partial charge in [-0.2, -0.15) is 0 Å². The summed E-state index contributed by atoms with van der Waals surface area (Å²) in [6.45, 7) is 3.33. The first-order valence-corrected chi connectivity index (χ1v) is 8.27. The van der Waals surface area contributed by atoms with Crippen molar-refractivity contribution in [3.63, 3.8) is 0 Å². The van der Waals surface area contributed by atoms with Gasteiger partial charge in [-0.15, -0.1) is 0 Å². The van der Waals surface area contributed by atoms with Gasteiger partial charge in [0, 0.05) is 25.2 Å². The molecule has 0 aliphatic rings. The molecule has 0 unspecified atom stereocenters. The van der Waals surface area contributed by atoms with Crippen LogP contribution in [0.2, 0.25) is 5.02 Å². The molecule has 0 radical (unpaired) electrons. The third kappa shape index (κ3) is 5.61. The Morgan fingerprint density at radius 3 is 2.43 bits per heavy atom. The van der Waals surface area contributed by atoms with Gasteiger partial charge in [0.15, 0.2) is 0 Å². The predicted octanol–water partition coefficient (Wildman–Crippen LogP) is 4.29. The van der Waals surface area contributed by atoms with Crippen LogP contribution in [0, 0.1) is 0 Å². The molecule has 4 heteroatoms. The fraction of sp³-hybridized carbons (Fsp3) is 0.316. The number of hydrogen-bond donors (Lipinski definition) is 1. The Hall–Kier alpha value is -2.00. The molecular weight excluding hydrogens is 308 g/mol. The molecule has 0 saturated carbocycles. The number of rotatable bonds is 6. The number of carbonyl (C=O) groups excluding carboxylic acids is 1. The zero-order valence-corrected chi connectivity index (χ0v) is 14.4. The average Bonchev–Trinajstić information content (AvgIpc) is 2.55. The van der Waals surface area contributed by atoms with Crippen LogP contribution in [0.4, 0.5) is 4.79 Å². The van der Waals surface area contributed by atoms with Gasteiger partial charge in [-0.05, 0) is 41.7 Å². The molecule has 0 fully saturated rings. The first kappa shape index (κ1) is 17.4. The van der Waals surface area contributed by atoms with E-state index in [1.165, 1.54) is 5.56 Å². The molecule has 2 rings (SSSR count). The Morgan fingerprint density at radius 2 is 1.78 bits per heavy atom. The van der Waals surface area contributed by atoms with Crippen molar-refractivity contribution in [2.24, 2.45) is 0 Å². The smallest absolute Gasteiger partial charge is 0.317 e. The third-order valence-corrected chi connectivity index (χ3v) is 4.01. The van der Waals surface area contributed by atoms with E-state index in [-0.39, 0.29) is 6.03 Å². The van der Waals surface area contributed by atoms with E-state index in [1.54, 1.807) is 4.90 Å². The average molecular weight is 331 g/mol. The molecule has 23 heavy (non-hydrogen) atoms. The Morgan fingerprint density at radius 1 is 1.09 bits per heavy atom. The van der Waals surface area contributed by atoms with Crippen LogP contribution < -0.4 is 5.32 Å². The molecule has 0 bridgehead atoms. The number of hydrogen-bond acceptors (Lipinski definition) is 1. The summed E-state index contributed by atoms with van der Waals surface area (Å²) < 4.78 is 0. The highest BCUT2D eigenvalue weighted by Gasteiger charge is 2.08. The van der Waals surface area contributed by atoms with Crippen LogP contribution in [0.3, 0.4) is 0 Å². The van der Waals surface area contributed by atoms with Gasteiger partial charge in [0.2, 0.25) is 0 Å². The van der Waals surface area contributed by atoms with E-state index in [0.29, 0.717) is 13.1 Å². The van der Waals surface area contributed by atoms with Crippen molar-refractivity contribution >= 4 is 17.6 Å². The lowest BCUT2D eigenvalue weighted by Gasteiger charge is -2.18. The van der Waals surface area contributed by atoms with Crippen molar-refractivity contribution in [1.29, 1.82) is 0 Å². The van der Waals surface area contributed by atoms with Crippen LogP contribution in [0.25, 0.3) is 0 Å². The summed E-state index contributed by atoms with van der Waals surface area (Å²) in [7, 11) is 1.81. The summed E-state index contributed by atoms with van der Waals surface area (Å²) in [5.41, 5.74) is 3.56. The van der Waals surface area contributed by atoms with E-state index < -0.39 is 0 Å². The maximum absolute atomic E-state index is 12.1. The molecule has 3 nitrogen and oxygen atoms in total. The maximum Gasteiger partial charge on any atom is 0.317 e. The summed E-state index contributed by atoms with van der Waals surface area (Å²) in [4.78, 5) is 13.8. The van der Waals surface area contributed by atoms with Crippen LogP contribution in [0.1, 0.15) is 23.6 Å². The molecule has 0 aliphatic heterocycles. The number of carbonyl (C=O) groups is 1. The molecule has 0 spiro atoms. The monoisotopic (exact) mass is 330 g/mol. The number of halogens is 1. The molecule has 0 heterocycles. The highest BCUT2D eigenvalue weighted by atomic mass is 35.5. The molecule has 0 aromatic heterocycles. The highest BCUT2D eigenvalue weighted by molar-refractivity contribution is 6.30. The molecule has 2 amide bonds. The first-order chi connectivity index (χ1) is 11.1. The normalized spacial score (nSPS) is 10.4. The van der Waals surface area contributed by atoms with E-state index >= 15 is 0 Å². The summed E-state index contributed by atoms with van der Waals surface area (Å²) in [6.07, 6.45) is 1.80. The van der Waals surface area contributed by atoms with E-state index in [0.717, 1.165) is 29.0 Å². The fourth-order valence-corrected chi connectivity index (χ4v) is 2.58. The van der Waals surface area contributed by atoms with Gasteiger partial charge >= 0.3 is 6.03 Å². The molecule has 1 N–H and O–H groups in total. The van der Waals surface area contributed by atoms with Gasteiger partial charge in [0.05, 0.1) is 0 Å². The van der Waals surface area contributed by atoms with Crippen molar-refractivity contribution in [3.8, 4) is 0 Å². The number of amides is 2. The Kier molecular flexibility index (Phi) is 6.48. The minimum absolute atomic E-state index is 0.0633. The largest absolute Gasteiger partial charge is 0.338 e. The van der Waals surface area contributed by atoms with Crippen molar-refractivity contribution in [2.45, 2.75) is 26.3 Å². The second-order valence-corrected chi connectivity index (χ2v) is 6.07. The SMILES string of the molecule is CCc1ccc(CN(C)C(=O)NCCc2cccc(Cl)c2)cc1. The quantitative estimate of drug-likeness (QED) is 0.842. The van der Waals surface area contributed by atoms with Crippen LogP contribution in [-0.2, 0) is 19.4 Å². The second kappa shape index (κ2) is 8.59. The molecule has 0 atom stereocenters. The van der Waals surface area contributed by atoms with Gasteiger partial charge in [0.1, 0.15) is 0 Å². The highest BCUT2D eigenvalue weighted by Crippen LogP contribution is 2.11. The van der Waals surface area contributed by atoms with Gasteiger partial charge in [-0.3, -0.25) is 0 Å². The molecule has 2 aromatic carbocycles. The Labute approximate surface area is 143 Å². The lowest BCUT2D eigenvalue weighted by atomic mass is 10.1. The predicted molar refractivity (Wildman–Crippen MR) is 95.8 cm³/mol. The van der Waals surface area contributed by atoms with E-state index in [9.17, 15) is 4.79 Å². The van der Waals surface area contributed by atoms with Crippen molar-refractivity contribution < 1.29 is 4.79 Å². The summed E-state index contributed by atoms with van der Waals surface area (Å²) in [6, 6.07) is 16.0. The van der Waals surface area contributed by atoms with Crippen molar-refractivity contribution in [2.75, 3.05) is 13.6 Å². The van der Waals surface area contributed by atoms with E-state index in [1.807, 2.05) is 31.3 Å². The van der Waals surface area contributed by atoms with Gasteiger partial charge in [0.25, 0.3) is 0 Å². The van der Waals surface area contributed by atoms with Crippen LogP contribution >= 0.6 is 11.6 Å². The van der Waals surface area contributed by atoms with Gasteiger partial charge < -0.3 is 10.2 Å². The second-order valence-electron chi connectivity index (χ2n) is 5.64. The van der Waals surface area contributed by atoms with Gasteiger partial charge in [-0.25, -0.2) is 4.79 Å². The topological polar surface area (TPSA) is 32.3 Å². The zero-order valence-electron chi connectivity index (χ0n) is 13.7. The number of urea groups is 1. The lowest BCUT2D eigenvalue weighted by molar-refractivity contribution is 0.207. The molecule has 122 valence electrons. The third-order valence-electron chi connectivity index (χ3n) is 3.78. The summed E-state index contributed by atoms with van der Waals surface area (Å²) in [5, 5.41) is 3.66. The maximum atomic E-state index is 12.1. The summed E-state index contributed by atoms with van der Waals surface area (Å²) in [5.74, 6) is 0. The van der Waals surface area contributed by atoms with E-state index in [2.05, 4.69) is 36.5 Å². The molecule has 2 aromatic rings. The standard InChI is InChI=1S/C19H23ClN2O/c1-3-15-7-9-17(10-8-15)14-22(2)19(23)21-12-11-16-5-4-6-18(20)13-16/h4-10,13H,3,11-12,14H2,1-2H3,(H,21,23). The molecular formula is C19H23ClN2O. The zero-order chi connectivity index (χ0) is 16.7. The first-order valence-electron chi connectivity index (χ1n) is 7.89. The number of benzene rings is 2. The van der Waals surface area contributed by atoms with Crippen molar-refractivity contribution in [1.82, 2.24) is 10.2 Å². The summed E-state index contributed by atoms with van der Waals surface area (Å²) >= 11 is 5.95. The van der Waals surface area contributed by atoms with Crippen LogP contribution in [-0.4, -0.2) is 24.5 Å². The molecule has 0 aliphatic carbocycles. The van der Waals surface area contributed by atoms with E-state index in [4.69, 9.17) is 11.6 Å². The minimum Gasteiger partial charge on any atom is -0.338 e. The van der Waals surface area contributed by atoms with Gasteiger partial charge in [-0.1, -0.05) is 54.9 Å². The van der Waals surface area contributed by atoms with Crippen LogP contribution in [0.5, 0.6) is 0 Å². The van der Waals surface area contributed by atoms with Crippen LogP contribution in [0.15, 0.2) is 48.5 Å². The fourth-order valence-electron chi connectivity index (χ4n) is 2.37. The lowest BCUT2D eigenvalue weighted by Crippen LogP contribution is -2.37. The van der Waals surface area contributed by atoms with Crippen molar-refractivity contribution in [3.05, 3.63) is 70.2 Å². The minimum atomic E-state index is -0.0633. The number of aryl methyl sites for hydroxylation is 1. The Bertz CT molecular complexity index is 640. The molecule has 0 saturated heterocycles. The number of nitrogens with one attached hydrogen (secondary N) is 1. The number of nitrogens with zero attached hydrogens (tertiary/aromatic N) is 1. The Balaban J connectivity index is 1.78.